The first-order valence-corrected chi connectivity index (χ1v) is 11.1. The fourth-order valence-electron chi connectivity index (χ4n) is 3.77. The van der Waals surface area contributed by atoms with E-state index in [1.165, 1.54) is 17.3 Å². The third-order valence-electron chi connectivity index (χ3n) is 5.29. The van der Waals surface area contributed by atoms with Crippen molar-refractivity contribution in [2.45, 2.75) is 18.1 Å². The molecule has 4 aromatic rings. The van der Waals surface area contributed by atoms with Gasteiger partial charge in [0.25, 0.3) is 0 Å². The van der Waals surface area contributed by atoms with Gasteiger partial charge in [0.15, 0.2) is 16.8 Å². The number of carbonyl (C=O) groups excluding carboxylic acids is 1. The second kappa shape index (κ2) is 8.70. The zero-order valence-electron chi connectivity index (χ0n) is 16.8. The van der Waals surface area contributed by atoms with Gasteiger partial charge in [-0.25, -0.2) is 0 Å². The third kappa shape index (κ3) is 4.07. The van der Waals surface area contributed by atoms with Crippen LogP contribution in [-0.2, 0) is 17.8 Å². The van der Waals surface area contributed by atoms with Crippen LogP contribution in [-0.4, -0.2) is 31.3 Å². The van der Waals surface area contributed by atoms with Crippen LogP contribution in [0.4, 0.5) is 0 Å². The van der Waals surface area contributed by atoms with Gasteiger partial charge in [-0.05, 0) is 35.2 Å². The lowest BCUT2D eigenvalue weighted by Gasteiger charge is -2.10. The van der Waals surface area contributed by atoms with E-state index in [-0.39, 0.29) is 5.78 Å². The molecule has 1 aliphatic rings. The summed E-state index contributed by atoms with van der Waals surface area (Å²) < 4.78 is 2.06. The van der Waals surface area contributed by atoms with Crippen molar-refractivity contribution in [3.63, 3.8) is 0 Å². The highest BCUT2D eigenvalue weighted by atomic mass is 32.2. The average molecular weight is 425 g/mol. The molecule has 5 nitrogen and oxygen atoms in total. The molecule has 0 amide bonds. The molecule has 0 spiro atoms. The summed E-state index contributed by atoms with van der Waals surface area (Å²) in [6, 6.07) is 22.1. The highest BCUT2D eigenvalue weighted by Gasteiger charge is 2.21. The maximum absolute atomic E-state index is 13.0. The molecule has 2 heterocycles. The summed E-state index contributed by atoms with van der Waals surface area (Å²) >= 11 is 1.43. The molecule has 0 N–H and O–H groups in total. The number of Topliss-reactive ketones (excluding diaryl/α,β-unsaturated/α-hetero) is 1. The van der Waals surface area contributed by atoms with Gasteiger partial charge < -0.3 is 0 Å². The van der Waals surface area contributed by atoms with E-state index in [0.717, 1.165) is 39.7 Å². The summed E-state index contributed by atoms with van der Waals surface area (Å²) in [5, 5.41) is 9.55. The van der Waals surface area contributed by atoms with E-state index in [1.807, 2.05) is 54.6 Å². The normalized spacial score (nSPS) is 12.5. The van der Waals surface area contributed by atoms with E-state index in [9.17, 15) is 4.79 Å². The molecule has 0 saturated carbocycles. The van der Waals surface area contributed by atoms with Crippen molar-refractivity contribution in [3.05, 3.63) is 102 Å². The van der Waals surface area contributed by atoms with Crippen LogP contribution in [0.1, 0.15) is 16.7 Å². The SMILES string of the molecule is O=C(CSc1nnc(-c2cccnc2)n1Cc1ccccc1)C1=CCc2ccccc21. The first-order chi connectivity index (χ1) is 15.3. The topological polar surface area (TPSA) is 60.7 Å². The number of rotatable bonds is 7. The number of benzene rings is 2. The Balaban J connectivity index is 1.40. The molecule has 0 unspecified atom stereocenters. The van der Waals surface area contributed by atoms with E-state index in [2.05, 4.69) is 37.9 Å². The number of aromatic nitrogens is 4. The van der Waals surface area contributed by atoms with Crippen LogP contribution in [0.5, 0.6) is 0 Å². The number of allylic oxidation sites excluding steroid dienone is 2. The predicted octanol–water partition coefficient (Wildman–Crippen LogP) is 4.69. The minimum atomic E-state index is 0.118. The van der Waals surface area contributed by atoms with Crippen LogP contribution in [0.25, 0.3) is 17.0 Å². The predicted molar refractivity (Wildman–Crippen MR) is 123 cm³/mol. The van der Waals surface area contributed by atoms with Crippen molar-refractivity contribution < 1.29 is 4.79 Å². The molecule has 0 bridgehead atoms. The standard InChI is InChI=1S/C25H20N4OS/c30-23(22-13-12-19-9-4-5-11-21(19)22)17-31-25-28-27-24(20-10-6-14-26-15-20)29(25)16-18-7-2-1-3-8-18/h1-11,13-15H,12,16-17H2. The van der Waals surface area contributed by atoms with E-state index >= 15 is 0 Å². The fraction of sp³-hybridized carbons (Fsp3) is 0.120. The number of hydrogen-bond acceptors (Lipinski definition) is 5. The van der Waals surface area contributed by atoms with Gasteiger partial charge in [-0.3, -0.25) is 14.3 Å². The summed E-state index contributed by atoms with van der Waals surface area (Å²) in [5.41, 5.74) is 5.12. The molecular weight excluding hydrogens is 404 g/mol. The average Bonchev–Trinajstić information content (AvgIpc) is 3.43. The Morgan fingerprint density at radius 2 is 1.81 bits per heavy atom. The Morgan fingerprint density at radius 1 is 0.968 bits per heavy atom. The summed E-state index contributed by atoms with van der Waals surface area (Å²) in [6.45, 7) is 0.625. The van der Waals surface area contributed by atoms with Gasteiger partial charge in [-0.2, -0.15) is 0 Å². The van der Waals surface area contributed by atoms with Crippen LogP contribution in [0.3, 0.4) is 0 Å². The van der Waals surface area contributed by atoms with E-state index < -0.39 is 0 Å². The largest absolute Gasteiger partial charge is 0.297 e. The van der Waals surface area contributed by atoms with Gasteiger partial charge in [0.1, 0.15) is 0 Å². The Hall–Kier alpha value is -3.51. The van der Waals surface area contributed by atoms with Crippen LogP contribution in [0.2, 0.25) is 0 Å². The van der Waals surface area contributed by atoms with Crippen molar-refractivity contribution in [1.82, 2.24) is 19.7 Å². The number of pyridine rings is 1. The molecule has 0 atom stereocenters. The zero-order valence-corrected chi connectivity index (χ0v) is 17.6. The molecule has 5 rings (SSSR count). The fourth-order valence-corrected chi connectivity index (χ4v) is 4.59. The van der Waals surface area contributed by atoms with Crippen molar-refractivity contribution in [2.75, 3.05) is 5.75 Å². The quantitative estimate of drug-likeness (QED) is 0.403. The lowest BCUT2D eigenvalue weighted by molar-refractivity contribution is -0.111. The second-order valence-electron chi connectivity index (χ2n) is 7.31. The summed E-state index contributed by atoms with van der Waals surface area (Å²) in [7, 11) is 0. The number of thioether (sulfide) groups is 1. The lowest BCUT2D eigenvalue weighted by atomic mass is 10.0. The molecule has 0 fully saturated rings. The number of carbonyl (C=O) groups is 1. The number of ketones is 1. The molecule has 152 valence electrons. The van der Waals surface area contributed by atoms with E-state index in [0.29, 0.717) is 12.3 Å². The van der Waals surface area contributed by atoms with Gasteiger partial charge in [0.05, 0.1) is 12.3 Å². The zero-order chi connectivity index (χ0) is 21.0. The molecule has 0 radical (unpaired) electrons. The minimum absolute atomic E-state index is 0.118. The molecule has 2 aromatic heterocycles. The molecular formula is C25H20N4OS. The Kier molecular flexibility index (Phi) is 5.46. The van der Waals surface area contributed by atoms with E-state index in [4.69, 9.17) is 0 Å². The smallest absolute Gasteiger partial charge is 0.192 e. The first-order valence-electron chi connectivity index (χ1n) is 10.1. The molecule has 1 aliphatic carbocycles. The maximum atomic E-state index is 13.0. The van der Waals surface area contributed by atoms with Crippen molar-refractivity contribution in [3.8, 4) is 11.4 Å². The molecule has 31 heavy (non-hydrogen) atoms. The summed E-state index contributed by atoms with van der Waals surface area (Å²) in [6.07, 6.45) is 6.37. The minimum Gasteiger partial charge on any atom is -0.297 e. The molecule has 2 aromatic carbocycles. The highest BCUT2D eigenvalue weighted by Crippen LogP contribution is 2.30. The van der Waals surface area contributed by atoms with Crippen LogP contribution in [0.15, 0.2) is 90.4 Å². The van der Waals surface area contributed by atoms with Crippen LogP contribution in [0, 0.1) is 0 Å². The van der Waals surface area contributed by atoms with Crippen molar-refractivity contribution in [1.29, 1.82) is 0 Å². The molecule has 0 saturated heterocycles. The molecule has 0 aliphatic heterocycles. The third-order valence-corrected chi connectivity index (χ3v) is 6.25. The maximum Gasteiger partial charge on any atom is 0.192 e. The second-order valence-corrected chi connectivity index (χ2v) is 8.25. The van der Waals surface area contributed by atoms with Crippen molar-refractivity contribution in [2.24, 2.45) is 0 Å². The van der Waals surface area contributed by atoms with Gasteiger partial charge in [0.2, 0.25) is 0 Å². The number of fused-ring (bicyclic) bond motifs is 1. The molecule has 6 heteroatoms. The van der Waals surface area contributed by atoms with Gasteiger partial charge in [0, 0.05) is 23.5 Å². The monoisotopic (exact) mass is 424 g/mol. The van der Waals surface area contributed by atoms with Gasteiger partial charge >= 0.3 is 0 Å². The van der Waals surface area contributed by atoms with E-state index in [1.54, 1.807) is 12.4 Å². The number of nitrogens with zero attached hydrogens (tertiary/aromatic N) is 4. The van der Waals surface area contributed by atoms with Gasteiger partial charge in [-0.1, -0.05) is 72.4 Å². The summed E-state index contributed by atoms with van der Waals surface area (Å²) in [4.78, 5) is 17.2. The lowest BCUT2D eigenvalue weighted by Crippen LogP contribution is -2.07. The van der Waals surface area contributed by atoms with Crippen LogP contribution < -0.4 is 0 Å². The summed E-state index contributed by atoms with van der Waals surface area (Å²) in [5.74, 6) is 1.18. The Labute approximate surface area is 184 Å². The highest BCUT2D eigenvalue weighted by molar-refractivity contribution is 7.99. The Morgan fingerprint density at radius 3 is 2.65 bits per heavy atom. The van der Waals surface area contributed by atoms with Crippen LogP contribution >= 0.6 is 11.8 Å². The number of hydrogen-bond donors (Lipinski definition) is 0. The van der Waals surface area contributed by atoms with Gasteiger partial charge in [-0.15, -0.1) is 10.2 Å². The van der Waals surface area contributed by atoms with Crippen molar-refractivity contribution >= 4 is 23.1 Å². The first kappa shape index (κ1) is 19.5. The Bertz CT molecular complexity index is 1250.